The lowest BCUT2D eigenvalue weighted by atomic mass is 9.70. The molecule has 2 heterocycles. The number of rotatable bonds is 4. The first-order valence-electron chi connectivity index (χ1n) is 10.5. The number of fused-ring (bicyclic) bond motifs is 1. The molecule has 1 fully saturated rings. The fourth-order valence-corrected chi connectivity index (χ4v) is 4.51. The number of aromatic nitrogens is 3. The Kier molecular flexibility index (Phi) is 5.02. The van der Waals surface area contributed by atoms with Crippen LogP contribution in [0.15, 0.2) is 66.7 Å². The van der Waals surface area contributed by atoms with Crippen LogP contribution in [-0.4, -0.2) is 38.1 Å². The number of pyridine rings is 1. The fourth-order valence-electron chi connectivity index (χ4n) is 4.37. The maximum atomic E-state index is 11.6. The minimum absolute atomic E-state index is 0.372. The zero-order valence-electron chi connectivity index (χ0n) is 17.5. The normalized spacial score (nSPS) is 14.7. The van der Waals surface area contributed by atoms with Crippen molar-refractivity contribution in [2.75, 3.05) is 7.05 Å². The van der Waals surface area contributed by atoms with Gasteiger partial charge in [0.1, 0.15) is 10.7 Å². The summed E-state index contributed by atoms with van der Waals surface area (Å²) in [4.78, 5) is 27.1. The number of amides is 1. The summed E-state index contributed by atoms with van der Waals surface area (Å²) in [6.07, 6.45) is 1.76. The Morgan fingerprint density at radius 1 is 0.906 bits per heavy atom. The van der Waals surface area contributed by atoms with E-state index in [1.807, 2.05) is 60.7 Å². The summed E-state index contributed by atoms with van der Waals surface area (Å²) in [5.41, 5.74) is 5.01. The van der Waals surface area contributed by atoms with Crippen molar-refractivity contribution in [3.63, 3.8) is 0 Å². The molecule has 2 aromatic heterocycles. The smallest absolute Gasteiger partial charge is 0.407 e. The average molecular weight is 445 g/mol. The molecular weight excluding hydrogens is 424 g/mol. The molecule has 7 heteroatoms. The Labute approximate surface area is 190 Å². The summed E-state index contributed by atoms with van der Waals surface area (Å²) in [6.45, 7) is 0. The van der Waals surface area contributed by atoms with Crippen LogP contribution in [0.3, 0.4) is 0 Å². The molecule has 160 valence electrons. The molecular formula is C25H21ClN4O2. The van der Waals surface area contributed by atoms with E-state index in [2.05, 4.69) is 4.98 Å². The molecule has 4 aromatic rings. The summed E-state index contributed by atoms with van der Waals surface area (Å²) in [5.74, 6) is 0. The van der Waals surface area contributed by atoms with E-state index in [0.717, 1.165) is 47.3 Å². The monoisotopic (exact) mass is 444 g/mol. The van der Waals surface area contributed by atoms with Crippen molar-refractivity contribution < 1.29 is 9.90 Å². The standard InChI is InChI=1S/C25H21ClN4O2/c1-30(24(31)32)25(14-5-15-25)18-10-8-17(9-11-18)21-22(16-6-3-2-4-7-16)29-23-19(27-21)12-13-20(26)28-23/h2-4,6-13H,5,14-15H2,1H3,(H,31,32). The molecule has 5 rings (SSSR count). The summed E-state index contributed by atoms with van der Waals surface area (Å²) < 4.78 is 0. The quantitative estimate of drug-likeness (QED) is 0.390. The molecule has 1 amide bonds. The third-order valence-electron chi connectivity index (χ3n) is 6.35. The van der Waals surface area contributed by atoms with Crippen LogP contribution in [0.2, 0.25) is 5.15 Å². The van der Waals surface area contributed by atoms with E-state index in [9.17, 15) is 9.90 Å². The van der Waals surface area contributed by atoms with Gasteiger partial charge in [-0.15, -0.1) is 0 Å². The van der Waals surface area contributed by atoms with Crippen LogP contribution >= 0.6 is 11.6 Å². The number of halogens is 1. The van der Waals surface area contributed by atoms with Gasteiger partial charge in [0.2, 0.25) is 0 Å². The summed E-state index contributed by atoms with van der Waals surface area (Å²) in [5, 5.41) is 9.92. The second kappa shape index (κ2) is 7.88. The Bertz CT molecular complexity index is 1310. The number of carbonyl (C=O) groups is 1. The highest BCUT2D eigenvalue weighted by Gasteiger charge is 2.44. The van der Waals surface area contributed by atoms with Crippen molar-refractivity contribution in [2.45, 2.75) is 24.8 Å². The van der Waals surface area contributed by atoms with Crippen molar-refractivity contribution in [3.8, 4) is 22.5 Å². The minimum Gasteiger partial charge on any atom is -0.465 e. The minimum atomic E-state index is -0.910. The lowest BCUT2D eigenvalue weighted by Crippen LogP contribution is -2.51. The van der Waals surface area contributed by atoms with Crippen LogP contribution in [0.25, 0.3) is 33.7 Å². The van der Waals surface area contributed by atoms with Gasteiger partial charge < -0.3 is 10.0 Å². The second-order valence-electron chi connectivity index (χ2n) is 8.07. The second-order valence-corrected chi connectivity index (χ2v) is 8.45. The van der Waals surface area contributed by atoms with E-state index in [-0.39, 0.29) is 0 Å². The average Bonchev–Trinajstić information content (AvgIpc) is 2.78. The van der Waals surface area contributed by atoms with Crippen LogP contribution in [0.4, 0.5) is 4.79 Å². The van der Waals surface area contributed by atoms with Crippen LogP contribution in [0.1, 0.15) is 24.8 Å². The fraction of sp³-hybridized carbons (Fsp3) is 0.200. The third kappa shape index (κ3) is 3.37. The van der Waals surface area contributed by atoms with Gasteiger partial charge in [0.15, 0.2) is 5.65 Å². The molecule has 0 atom stereocenters. The molecule has 0 saturated heterocycles. The number of benzene rings is 2. The predicted octanol–water partition coefficient (Wildman–Crippen LogP) is 6.00. The molecule has 1 aliphatic rings. The predicted molar refractivity (Wildman–Crippen MR) is 125 cm³/mol. The zero-order valence-corrected chi connectivity index (χ0v) is 18.3. The largest absolute Gasteiger partial charge is 0.465 e. The van der Waals surface area contributed by atoms with Crippen LogP contribution in [0.5, 0.6) is 0 Å². The lowest BCUT2D eigenvalue weighted by molar-refractivity contribution is 0.0378. The maximum Gasteiger partial charge on any atom is 0.407 e. The first-order valence-corrected chi connectivity index (χ1v) is 10.8. The van der Waals surface area contributed by atoms with E-state index >= 15 is 0 Å². The highest BCUT2D eigenvalue weighted by Crippen LogP contribution is 2.46. The van der Waals surface area contributed by atoms with Gasteiger partial charge in [0.05, 0.1) is 16.9 Å². The highest BCUT2D eigenvalue weighted by molar-refractivity contribution is 6.29. The van der Waals surface area contributed by atoms with E-state index in [4.69, 9.17) is 21.6 Å². The lowest BCUT2D eigenvalue weighted by Gasteiger charge is -2.47. The molecule has 0 radical (unpaired) electrons. The van der Waals surface area contributed by atoms with Crippen molar-refractivity contribution in [2.24, 2.45) is 0 Å². The molecule has 1 N–H and O–H groups in total. The number of hydrogen-bond acceptors (Lipinski definition) is 4. The molecule has 0 aliphatic heterocycles. The van der Waals surface area contributed by atoms with Gasteiger partial charge in [0, 0.05) is 18.2 Å². The summed E-state index contributed by atoms with van der Waals surface area (Å²) in [6, 6.07) is 21.4. The number of hydrogen-bond donors (Lipinski definition) is 1. The van der Waals surface area contributed by atoms with Crippen LogP contribution in [-0.2, 0) is 5.54 Å². The SMILES string of the molecule is CN(C(=O)O)C1(c2ccc(-c3nc4ccc(Cl)nc4nc3-c3ccccc3)cc2)CCC1. The first-order chi connectivity index (χ1) is 15.5. The maximum absolute atomic E-state index is 11.6. The van der Waals surface area contributed by atoms with Gasteiger partial charge >= 0.3 is 6.09 Å². The molecule has 2 aromatic carbocycles. The molecule has 1 saturated carbocycles. The van der Waals surface area contributed by atoms with Gasteiger partial charge in [-0.2, -0.15) is 0 Å². The van der Waals surface area contributed by atoms with Crippen LogP contribution < -0.4 is 0 Å². The Hall–Kier alpha value is -3.51. The van der Waals surface area contributed by atoms with Gasteiger partial charge in [-0.05, 0) is 37.0 Å². The van der Waals surface area contributed by atoms with Crippen LogP contribution in [0, 0.1) is 0 Å². The third-order valence-corrected chi connectivity index (χ3v) is 6.56. The molecule has 0 unspecified atom stereocenters. The van der Waals surface area contributed by atoms with Crippen molar-refractivity contribution in [3.05, 3.63) is 77.4 Å². The van der Waals surface area contributed by atoms with Gasteiger partial charge in [-0.3, -0.25) is 0 Å². The molecule has 6 nitrogen and oxygen atoms in total. The molecule has 32 heavy (non-hydrogen) atoms. The van der Waals surface area contributed by atoms with E-state index in [1.54, 1.807) is 13.1 Å². The summed E-state index contributed by atoms with van der Waals surface area (Å²) >= 11 is 6.08. The first kappa shape index (κ1) is 20.4. The Morgan fingerprint density at radius 3 is 2.19 bits per heavy atom. The molecule has 0 spiro atoms. The number of nitrogens with zero attached hydrogens (tertiary/aromatic N) is 4. The molecule has 0 bridgehead atoms. The van der Waals surface area contributed by atoms with Gasteiger partial charge in [0.25, 0.3) is 0 Å². The van der Waals surface area contributed by atoms with E-state index in [0.29, 0.717) is 16.3 Å². The topological polar surface area (TPSA) is 79.2 Å². The van der Waals surface area contributed by atoms with E-state index < -0.39 is 11.6 Å². The Morgan fingerprint density at radius 2 is 1.56 bits per heavy atom. The zero-order chi connectivity index (χ0) is 22.3. The summed E-state index contributed by atoms with van der Waals surface area (Å²) in [7, 11) is 1.65. The van der Waals surface area contributed by atoms with Crippen molar-refractivity contribution >= 4 is 28.9 Å². The van der Waals surface area contributed by atoms with E-state index in [1.165, 1.54) is 4.90 Å². The van der Waals surface area contributed by atoms with Crippen molar-refractivity contribution in [1.82, 2.24) is 19.9 Å². The highest BCUT2D eigenvalue weighted by atomic mass is 35.5. The molecule has 1 aliphatic carbocycles. The number of carboxylic acid groups (broad SMARTS) is 1. The van der Waals surface area contributed by atoms with Gasteiger partial charge in [-0.1, -0.05) is 66.2 Å². The Balaban J connectivity index is 1.63. The van der Waals surface area contributed by atoms with Crippen molar-refractivity contribution in [1.29, 1.82) is 0 Å². The van der Waals surface area contributed by atoms with Gasteiger partial charge in [-0.25, -0.2) is 19.7 Å².